The fraction of sp³-hybridized carbons (Fsp3) is 0.429. The molecule has 0 aliphatic carbocycles. The Morgan fingerprint density at radius 3 is 1.32 bits per heavy atom. The van der Waals surface area contributed by atoms with Crippen LogP contribution in [0.15, 0.2) is 19.6 Å². The summed E-state index contributed by atoms with van der Waals surface area (Å²) in [5.74, 6) is 6.98. The standard InChI is InChI=1S/C28H26N8S8/c1-9-5-37-13-17(41-9)25-29-21(13)34-26-19-15(39-7-11(3)43-19)23(31-26)36-28-20-16(40-8-12(4)44-20)24(32-28)35-27-18-14(22(30-27)33-25)38-6-10(2)42-18/h9-12H,5-8H2,1-4H3,(H2,29,30,31,32,33,34,35,36). The molecule has 0 spiro atoms. The quantitative estimate of drug-likeness (QED) is 0.231. The van der Waals surface area contributed by atoms with Crippen LogP contribution in [0.25, 0.3) is 42.2 Å². The van der Waals surface area contributed by atoms with E-state index in [-0.39, 0.29) is 0 Å². The van der Waals surface area contributed by atoms with Crippen LogP contribution < -0.4 is 0 Å². The molecule has 6 aliphatic rings. The fourth-order valence-electron chi connectivity index (χ4n) is 5.44. The van der Waals surface area contributed by atoms with Crippen molar-refractivity contribution in [3.05, 3.63) is 23.3 Å². The number of hydrogen-bond acceptors (Lipinski definition) is 14. The Hall–Kier alpha value is -0.880. The third kappa shape index (κ3) is 4.99. The Morgan fingerprint density at radius 2 is 0.773 bits per heavy atom. The molecule has 0 amide bonds. The molecule has 0 saturated carbocycles. The van der Waals surface area contributed by atoms with Gasteiger partial charge in [0.1, 0.15) is 22.6 Å². The Balaban J connectivity index is 1.40. The third-order valence-electron chi connectivity index (χ3n) is 7.39. The van der Waals surface area contributed by atoms with E-state index in [4.69, 9.17) is 29.9 Å². The van der Waals surface area contributed by atoms with E-state index < -0.39 is 0 Å². The number of nitrogens with zero attached hydrogens (tertiary/aromatic N) is 6. The van der Waals surface area contributed by atoms with Crippen LogP contribution >= 0.6 is 94.1 Å². The summed E-state index contributed by atoms with van der Waals surface area (Å²) in [4.78, 5) is 47.5. The van der Waals surface area contributed by atoms with Crippen LogP contribution in [0.3, 0.4) is 0 Å². The van der Waals surface area contributed by atoms with E-state index in [1.807, 2.05) is 94.1 Å². The molecule has 0 aromatic carbocycles. The number of hydrogen-bond donors (Lipinski definition) is 2. The maximum atomic E-state index is 5.28. The summed E-state index contributed by atoms with van der Waals surface area (Å²) in [6, 6.07) is 0. The van der Waals surface area contributed by atoms with Crippen molar-refractivity contribution in [2.45, 2.75) is 68.3 Å². The van der Waals surface area contributed by atoms with Crippen molar-refractivity contribution in [1.82, 2.24) is 39.9 Å². The van der Waals surface area contributed by atoms with E-state index >= 15 is 0 Å². The zero-order valence-electron chi connectivity index (χ0n) is 24.1. The van der Waals surface area contributed by atoms with Gasteiger partial charge in [-0.3, -0.25) is 0 Å². The average molecular weight is 731 g/mol. The number of nitrogens with one attached hydrogen (secondary N) is 2. The summed E-state index contributed by atoms with van der Waals surface area (Å²) in [5.41, 5.74) is 3.36. The first-order chi connectivity index (χ1) is 21.4. The lowest BCUT2D eigenvalue weighted by Crippen LogP contribution is -2.06. The minimum Gasteiger partial charge on any atom is -0.323 e. The highest BCUT2D eigenvalue weighted by molar-refractivity contribution is 8.17. The molecule has 9 rings (SSSR count). The number of thioether (sulfide) groups is 8. The summed E-state index contributed by atoms with van der Waals surface area (Å²) in [5, 5.41) is 1.90. The van der Waals surface area contributed by atoms with Crippen LogP contribution in [0.5, 0.6) is 0 Å². The molecule has 0 saturated heterocycles. The van der Waals surface area contributed by atoms with Gasteiger partial charge in [-0.25, -0.2) is 29.9 Å². The highest BCUT2D eigenvalue weighted by Gasteiger charge is 2.34. The summed E-state index contributed by atoms with van der Waals surface area (Å²) in [6.07, 6.45) is 0. The van der Waals surface area contributed by atoms with Gasteiger partial charge in [-0.15, -0.1) is 94.1 Å². The Morgan fingerprint density at radius 1 is 0.409 bits per heavy atom. The van der Waals surface area contributed by atoms with Crippen molar-refractivity contribution in [3.8, 4) is 0 Å². The molecule has 6 aliphatic heterocycles. The van der Waals surface area contributed by atoms with Crippen molar-refractivity contribution < 1.29 is 0 Å². The van der Waals surface area contributed by atoms with Crippen molar-refractivity contribution in [1.29, 1.82) is 0 Å². The van der Waals surface area contributed by atoms with Crippen LogP contribution in [-0.2, 0) is 0 Å². The molecule has 226 valence electrons. The molecule has 0 radical (unpaired) electrons. The zero-order chi connectivity index (χ0) is 29.7. The summed E-state index contributed by atoms with van der Waals surface area (Å²) in [7, 11) is 0. The lowest BCUT2D eigenvalue weighted by Gasteiger charge is -2.19. The van der Waals surface area contributed by atoms with Crippen LogP contribution in [0, 0.1) is 0 Å². The minimum atomic E-state index is 0.466. The monoisotopic (exact) mass is 730 g/mol. The van der Waals surface area contributed by atoms with Gasteiger partial charge in [0, 0.05) is 44.0 Å². The summed E-state index contributed by atoms with van der Waals surface area (Å²) >= 11 is 14.8. The molecular formula is C28H26N8S8. The maximum absolute atomic E-state index is 5.28. The first-order valence-corrected chi connectivity index (χ1v) is 21.8. The van der Waals surface area contributed by atoms with Crippen molar-refractivity contribution >= 4 is 136 Å². The molecule has 16 heteroatoms. The van der Waals surface area contributed by atoms with Crippen LogP contribution in [0.1, 0.15) is 51.0 Å². The van der Waals surface area contributed by atoms with E-state index in [1.54, 1.807) is 0 Å². The second-order valence-corrected chi connectivity index (χ2v) is 21.1. The Bertz CT molecular complexity index is 1980. The molecule has 9 heterocycles. The fourth-order valence-corrected chi connectivity index (χ4v) is 15.3. The molecule has 4 unspecified atom stereocenters. The van der Waals surface area contributed by atoms with E-state index in [0.29, 0.717) is 32.6 Å². The van der Waals surface area contributed by atoms with E-state index in [9.17, 15) is 0 Å². The summed E-state index contributed by atoms with van der Waals surface area (Å²) < 4.78 is 0. The van der Waals surface area contributed by atoms with Gasteiger partial charge >= 0.3 is 0 Å². The second-order valence-electron chi connectivity index (χ2n) is 11.2. The van der Waals surface area contributed by atoms with E-state index in [1.165, 1.54) is 9.79 Å². The van der Waals surface area contributed by atoms with Gasteiger partial charge in [0.25, 0.3) is 0 Å². The van der Waals surface area contributed by atoms with Gasteiger partial charge in [-0.2, -0.15) is 0 Å². The molecule has 44 heavy (non-hydrogen) atoms. The molecule has 8 nitrogen and oxygen atoms in total. The van der Waals surface area contributed by atoms with Gasteiger partial charge < -0.3 is 9.97 Å². The molecule has 8 bridgehead atoms. The first-order valence-electron chi connectivity index (χ1n) is 14.4. The smallest absolute Gasteiger partial charge is 0.171 e. The topological polar surface area (TPSA) is 109 Å². The summed E-state index contributed by atoms with van der Waals surface area (Å²) in [6.45, 7) is 9.09. The minimum absolute atomic E-state index is 0.466. The molecule has 3 aromatic heterocycles. The predicted molar refractivity (Wildman–Crippen MR) is 197 cm³/mol. The SMILES string of the molecule is CC1CSC2=C(S1)c1nc3nc(nc4[nH]c(nc5[nH]c(nc2n1)c1c5SCC(C)S1)c1c4SCC(C)S1)C1=C3SCC(C)S1. The normalized spacial score (nSPS) is 26.3. The van der Waals surface area contributed by atoms with Gasteiger partial charge in [0.2, 0.25) is 0 Å². The number of aromatic nitrogens is 8. The zero-order valence-corrected chi connectivity index (χ0v) is 30.6. The number of fused-ring (bicyclic) bond motifs is 18. The van der Waals surface area contributed by atoms with Crippen LogP contribution in [0.4, 0.5) is 0 Å². The number of H-pyrrole nitrogens is 2. The largest absolute Gasteiger partial charge is 0.323 e. The van der Waals surface area contributed by atoms with Crippen LogP contribution in [0.2, 0.25) is 0 Å². The first kappa shape index (κ1) is 29.3. The molecule has 4 atom stereocenters. The molecule has 0 fully saturated rings. The van der Waals surface area contributed by atoms with Gasteiger partial charge in [0.15, 0.2) is 23.3 Å². The molecule has 2 N–H and O–H groups in total. The second kappa shape index (κ2) is 11.4. The van der Waals surface area contributed by atoms with Crippen molar-refractivity contribution in [2.75, 3.05) is 23.0 Å². The van der Waals surface area contributed by atoms with Gasteiger partial charge in [0.05, 0.1) is 39.2 Å². The maximum Gasteiger partial charge on any atom is 0.171 e. The number of rotatable bonds is 0. The Kier molecular flexibility index (Phi) is 7.57. The predicted octanol–water partition coefficient (Wildman–Crippen LogP) is 8.46. The van der Waals surface area contributed by atoms with Gasteiger partial charge in [-0.05, 0) is 0 Å². The van der Waals surface area contributed by atoms with E-state index in [0.717, 1.165) is 86.7 Å². The number of aromatic amines is 2. The lowest BCUT2D eigenvalue weighted by atomic mass is 10.4. The third-order valence-corrected chi connectivity index (χ3v) is 18.9. The van der Waals surface area contributed by atoms with Crippen LogP contribution in [-0.4, -0.2) is 83.9 Å². The van der Waals surface area contributed by atoms with E-state index in [2.05, 4.69) is 37.7 Å². The highest BCUT2D eigenvalue weighted by Crippen LogP contribution is 2.53. The van der Waals surface area contributed by atoms with Gasteiger partial charge in [-0.1, -0.05) is 27.7 Å². The molecule has 3 aromatic rings. The average Bonchev–Trinajstić information content (AvgIpc) is 3.71. The lowest BCUT2D eigenvalue weighted by molar-refractivity contribution is 1.06. The van der Waals surface area contributed by atoms with Crippen molar-refractivity contribution in [3.63, 3.8) is 0 Å². The highest BCUT2D eigenvalue weighted by atomic mass is 32.2. The Labute approximate surface area is 288 Å². The van der Waals surface area contributed by atoms with Crippen molar-refractivity contribution in [2.24, 2.45) is 0 Å². The molecular weight excluding hydrogens is 705 g/mol.